The van der Waals surface area contributed by atoms with Crippen molar-refractivity contribution in [3.05, 3.63) is 11.1 Å². The summed E-state index contributed by atoms with van der Waals surface area (Å²) in [6.45, 7) is 4.39. The molecule has 0 bridgehead atoms. The highest BCUT2D eigenvalue weighted by molar-refractivity contribution is 5.84. The van der Waals surface area contributed by atoms with Crippen LogP contribution in [-0.2, 0) is 0 Å². The second-order valence-electron chi connectivity index (χ2n) is 5.61. The Morgan fingerprint density at radius 3 is 2.89 bits per heavy atom. The van der Waals surface area contributed by atoms with Crippen LogP contribution in [0.3, 0.4) is 0 Å². The zero-order valence-corrected chi connectivity index (χ0v) is 11.7. The van der Waals surface area contributed by atoms with Crippen molar-refractivity contribution in [2.75, 3.05) is 0 Å². The Morgan fingerprint density at radius 1 is 1.39 bits per heavy atom. The molecule has 0 spiro atoms. The molecule has 1 aliphatic heterocycles. The number of fused-ring (bicyclic) bond motifs is 1. The molecule has 0 aromatic rings. The predicted molar refractivity (Wildman–Crippen MR) is 75.6 cm³/mol. The van der Waals surface area contributed by atoms with E-state index in [0.717, 1.165) is 32.1 Å². The first-order valence-electron chi connectivity index (χ1n) is 7.45. The van der Waals surface area contributed by atoms with Gasteiger partial charge in [-0.15, -0.1) is 0 Å². The molecule has 2 heteroatoms. The van der Waals surface area contributed by atoms with Crippen molar-refractivity contribution in [2.45, 2.75) is 70.8 Å². The van der Waals surface area contributed by atoms with E-state index in [0.29, 0.717) is 0 Å². The zero-order chi connectivity index (χ0) is 13.0. The highest BCUT2D eigenvalue weighted by Crippen LogP contribution is 2.47. The minimum Gasteiger partial charge on any atom is -0.280 e. The molecule has 2 unspecified atom stereocenters. The van der Waals surface area contributed by atoms with Crippen LogP contribution in [0.4, 0.5) is 0 Å². The first-order valence-corrected chi connectivity index (χ1v) is 7.45. The van der Waals surface area contributed by atoms with Crippen LogP contribution in [0.1, 0.15) is 65.2 Å². The minimum absolute atomic E-state index is 0.0865. The van der Waals surface area contributed by atoms with Crippen molar-refractivity contribution in [3.8, 4) is 6.07 Å². The molecular formula is C16H24N2. The molecule has 18 heavy (non-hydrogen) atoms. The number of rotatable bonds is 5. The van der Waals surface area contributed by atoms with E-state index in [4.69, 9.17) is 4.99 Å². The van der Waals surface area contributed by atoms with Crippen LogP contribution in [0.25, 0.3) is 0 Å². The lowest BCUT2D eigenvalue weighted by molar-refractivity contribution is 0.301. The van der Waals surface area contributed by atoms with Gasteiger partial charge < -0.3 is 0 Å². The van der Waals surface area contributed by atoms with Crippen LogP contribution in [-0.4, -0.2) is 11.8 Å². The SMILES string of the molecule is CCCC1=C2CCCCC2(C(C#N)CCC)N=C1. The van der Waals surface area contributed by atoms with E-state index >= 15 is 0 Å². The number of allylic oxidation sites excluding steroid dienone is 1. The third-order valence-corrected chi connectivity index (χ3v) is 4.42. The molecule has 1 heterocycles. The van der Waals surface area contributed by atoms with Crippen molar-refractivity contribution >= 4 is 6.21 Å². The fourth-order valence-corrected chi connectivity index (χ4v) is 3.57. The molecule has 0 radical (unpaired) electrons. The van der Waals surface area contributed by atoms with Gasteiger partial charge in [0.2, 0.25) is 0 Å². The van der Waals surface area contributed by atoms with Gasteiger partial charge >= 0.3 is 0 Å². The summed E-state index contributed by atoms with van der Waals surface area (Å²) in [4.78, 5) is 4.86. The minimum atomic E-state index is -0.131. The van der Waals surface area contributed by atoms with Crippen molar-refractivity contribution in [1.29, 1.82) is 5.26 Å². The van der Waals surface area contributed by atoms with Crippen molar-refractivity contribution in [2.24, 2.45) is 10.9 Å². The molecule has 98 valence electrons. The van der Waals surface area contributed by atoms with E-state index in [1.54, 1.807) is 0 Å². The zero-order valence-electron chi connectivity index (χ0n) is 11.7. The maximum Gasteiger partial charge on any atom is 0.0980 e. The Labute approximate surface area is 111 Å². The molecule has 1 saturated carbocycles. The fraction of sp³-hybridized carbons (Fsp3) is 0.750. The normalized spacial score (nSPS) is 28.1. The average Bonchev–Trinajstić information content (AvgIpc) is 2.77. The maximum atomic E-state index is 9.52. The molecule has 2 rings (SSSR count). The summed E-state index contributed by atoms with van der Waals surface area (Å²) in [6.07, 6.45) is 11.2. The topological polar surface area (TPSA) is 36.1 Å². The highest BCUT2D eigenvalue weighted by atomic mass is 14.9. The van der Waals surface area contributed by atoms with Crippen molar-refractivity contribution < 1.29 is 0 Å². The molecule has 2 aliphatic rings. The smallest absolute Gasteiger partial charge is 0.0980 e. The molecule has 1 fully saturated rings. The van der Waals surface area contributed by atoms with Gasteiger partial charge in [0.05, 0.1) is 17.5 Å². The summed E-state index contributed by atoms with van der Waals surface area (Å²) >= 11 is 0. The maximum absolute atomic E-state index is 9.52. The Morgan fingerprint density at radius 2 is 2.22 bits per heavy atom. The van der Waals surface area contributed by atoms with Crippen LogP contribution >= 0.6 is 0 Å². The molecule has 1 aliphatic carbocycles. The molecule has 0 aromatic carbocycles. The largest absolute Gasteiger partial charge is 0.280 e. The van der Waals surface area contributed by atoms with Crippen LogP contribution in [0.5, 0.6) is 0 Å². The quantitative estimate of drug-likeness (QED) is 0.705. The lowest BCUT2D eigenvalue weighted by Crippen LogP contribution is -2.38. The third kappa shape index (κ3) is 2.11. The monoisotopic (exact) mass is 244 g/mol. The Bertz CT molecular complexity index is 400. The first kappa shape index (κ1) is 13.3. The van der Waals surface area contributed by atoms with E-state index in [1.807, 2.05) is 0 Å². The van der Waals surface area contributed by atoms with E-state index in [-0.39, 0.29) is 11.5 Å². The van der Waals surface area contributed by atoms with Gasteiger partial charge in [-0.1, -0.05) is 33.1 Å². The Hall–Kier alpha value is -1.10. The summed E-state index contributed by atoms with van der Waals surface area (Å²) in [5.41, 5.74) is 2.82. The molecule has 0 saturated heterocycles. The number of hydrogen-bond donors (Lipinski definition) is 0. The standard InChI is InChI=1S/C16H24N2/c1-3-7-13-12-18-16(14(11-17)8-4-2)10-6-5-9-15(13)16/h12,14H,3-10H2,1-2H3. The van der Waals surface area contributed by atoms with E-state index in [9.17, 15) is 5.26 Å². The van der Waals surface area contributed by atoms with Crippen molar-refractivity contribution in [3.63, 3.8) is 0 Å². The van der Waals surface area contributed by atoms with Crippen LogP contribution in [0, 0.1) is 17.2 Å². The average molecular weight is 244 g/mol. The van der Waals surface area contributed by atoms with Gasteiger partial charge in [0.25, 0.3) is 0 Å². The van der Waals surface area contributed by atoms with Crippen LogP contribution in [0.15, 0.2) is 16.1 Å². The molecule has 2 nitrogen and oxygen atoms in total. The summed E-state index contributed by atoms with van der Waals surface area (Å²) in [5, 5.41) is 9.52. The van der Waals surface area contributed by atoms with Gasteiger partial charge in [0.15, 0.2) is 0 Å². The van der Waals surface area contributed by atoms with Gasteiger partial charge in [-0.3, -0.25) is 4.99 Å². The van der Waals surface area contributed by atoms with Crippen molar-refractivity contribution in [1.82, 2.24) is 0 Å². The van der Waals surface area contributed by atoms with E-state index in [1.165, 1.54) is 30.4 Å². The number of hydrogen-bond acceptors (Lipinski definition) is 2. The van der Waals surface area contributed by atoms with Gasteiger partial charge in [-0.2, -0.15) is 5.26 Å². The summed E-state index contributed by atoms with van der Waals surface area (Å²) in [7, 11) is 0. The summed E-state index contributed by atoms with van der Waals surface area (Å²) < 4.78 is 0. The van der Waals surface area contributed by atoms with Crippen LogP contribution in [0.2, 0.25) is 0 Å². The summed E-state index contributed by atoms with van der Waals surface area (Å²) in [5.74, 6) is 0.0865. The van der Waals surface area contributed by atoms with Gasteiger partial charge in [0, 0.05) is 6.21 Å². The third-order valence-electron chi connectivity index (χ3n) is 4.42. The van der Waals surface area contributed by atoms with Gasteiger partial charge in [0.1, 0.15) is 0 Å². The predicted octanol–water partition coefficient (Wildman–Crippen LogP) is 4.42. The second kappa shape index (κ2) is 5.69. The molecule has 0 amide bonds. The van der Waals surface area contributed by atoms with Gasteiger partial charge in [-0.25, -0.2) is 0 Å². The molecule has 0 aromatic heterocycles. The number of nitrogens with zero attached hydrogens (tertiary/aromatic N) is 2. The molecule has 2 atom stereocenters. The highest BCUT2D eigenvalue weighted by Gasteiger charge is 2.45. The lowest BCUT2D eigenvalue weighted by atomic mass is 9.68. The molecular weight excluding hydrogens is 220 g/mol. The summed E-state index contributed by atoms with van der Waals surface area (Å²) in [6, 6.07) is 2.55. The first-order chi connectivity index (χ1) is 8.78. The number of nitriles is 1. The Balaban J connectivity index is 2.34. The number of aliphatic imine (C=N–C) groups is 1. The van der Waals surface area contributed by atoms with Crippen LogP contribution < -0.4 is 0 Å². The Kier molecular flexibility index (Phi) is 4.22. The van der Waals surface area contributed by atoms with E-state index in [2.05, 4.69) is 26.1 Å². The van der Waals surface area contributed by atoms with Gasteiger partial charge in [-0.05, 0) is 43.3 Å². The lowest BCUT2D eigenvalue weighted by Gasteiger charge is -2.38. The second-order valence-corrected chi connectivity index (χ2v) is 5.61. The fourth-order valence-electron chi connectivity index (χ4n) is 3.57. The van der Waals surface area contributed by atoms with E-state index < -0.39 is 0 Å². The molecule has 0 N–H and O–H groups in total.